The van der Waals surface area contributed by atoms with Gasteiger partial charge in [0, 0.05) is 39.2 Å². The summed E-state index contributed by atoms with van der Waals surface area (Å²) in [7, 11) is -3.75. The van der Waals surface area contributed by atoms with E-state index in [1.54, 1.807) is 55.5 Å². The third kappa shape index (κ3) is 6.49. The molecular weight excluding hydrogens is 498 g/mol. The van der Waals surface area contributed by atoms with Gasteiger partial charge < -0.3 is 10.6 Å². The highest BCUT2D eigenvalue weighted by atomic mass is 35.5. The van der Waals surface area contributed by atoms with Crippen LogP contribution in [0.1, 0.15) is 20.3 Å². The van der Waals surface area contributed by atoms with Crippen LogP contribution in [-0.2, 0) is 14.6 Å². The van der Waals surface area contributed by atoms with Gasteiger partial charge >= 0.3 is 0 Å². The molecule has 2 N–H and O–H groups in total. The maximum Gasteiger partial charge on any atom is 0.294 e. The van der Waals surface area contributed by atoms with E-state index in [9.17, 15) is 23.3 Å². The van der Waals surface area contributed by atoms with Crippen molar-refractivity contribution in [2.75, 3.05) is 16.4 Å². The van der Waals surface area contributed by atoms with Crippen molar-refractivity contribution in [2.24, 2.45) is 0 Å². The molecule has 3 rings (SSSR count). The molecule has 0 atom stereocenters. The highest BCUT2D eigenvalue weighted by molar-refractivity contribution is 8.00. The molecule has 11 heteroatoms. The number of hydrogen-bond acceptors (Lipinski definition) is 7. The maximum atomic E-state index is 13.0. The quantitative estimate of drug-likeness (QED) is 0.252. The Labute approximate surface area is 206 Å². The Bertz CT molecular complexity index is 1310. The SMILES string of the molecule is CCCS(=O)(=O)c1cc([N+](=O)[O-])c(Nc2ccc(NC(C)=O)cc2)cc1Sc1ccc(Cl)cc1. The number of nitro groups is 1. The summed E-state index contributed by atoms with van der Waals surface area (Å²) in [5.74, 6) is -0.348. The van der Waals surface area contributed by atoms with Crippen LogP contribution in [0.15, 0.2) is 75.4 Å². The minimum atomic E-state index is -3.75. The zero-order valence-corrected chi connectivity index (χ0v) is 20.8. The van der Waals surface area contributed by atoms with E-state index in [0.29, 0.717) is 27.7 Å². The Morgan fingerprint density at radius 2 is 1.68 bits per heavy atom. The summed E-state index contributed by atoms with van der Waals surface area (Å²) in [5, 5.41) is 18.0. The third-order valence-corrected chi connectivity index (χ3v) is 7.99. The second-order valence-electron chi connectivity index (χ2n) is 7.33. The van der Waals surface area contributed by atoms with E-state index >= 15 is 0 Å². The van der Waals surface area contributed by atoms with Crippen LogP contribution in [0.5, 0.6) is 0 Å². The lowest BCUT2D eigenvalue weighted by Crippen LogP contribution is -2.09. The van der Waals surface area contributed by atoms with E-state index in [-0.39, 0.29) is 27.9 Å². The van der Waals surface area contributed by atoms with Crippen LogP contribution in [-0.4, -0.2) is 25.0 Å². The van der Waals surface area contributed by atoms with Gasteiger partial charge in [-0.25, -0.2) is 8.42 Å². The molecule has 178 valence electrons. The van der Waals surface area contributed by atoms with Crippen molar-refractivity contribution < 1.29 is 18.1 Å². The summed E-state index contributed by atoms with van der Waals surface area (Å²) in [4.78, 5) is 23.4. The smallest absolute Gasteiger partial charge is 0.294 e. The lowest BCUT2D eigenvalue weighted by Gasteiger charge is -2.14. The average Bonchev–Trinajstić information content (AvgIpc) is 2.76. The Balaban J connectivity index is 2.08. The van der Waals surface area contributed by atoms with Crippen LogP contribution in [0.2, 0.25) is 5.02 Å². The molecule has 0 radical (unpaired) electrons. The molecule has 0 fully saturated rings. The summed E-state index contributed by atoms with van der Waals surface area (Å²) in [6, 6.07) is 16.1. The van der Waals surface area contributed by atoms with Crippen LogP contribution in [0.4, 0.5) is 22.7 Å². The van der Waals surface area contributed by atoms with Gasteiger partial charge in [-0.2, -0.15) is 0 Å². The van der Waals surface area contributed by atoms with Crippen molar-refractivity contribution in [1.82, 2.24) is 0 Å². The molecule has 3 aromatic rings. The Hall–Kier alpha value is -3.08. The second kappa shape index (κ2) is 10.9. The standard InChI is InChI=1S/C23H22ClN3O5S2/c1-3-12-34(31,32)23-14-21(27(29)30)20(13-22(23)33-19-10-4-16(24)5-11-19)26-18-8-6-17(7-9-18)25-15(2)28/h4-11,13-14,26H,3,12H2,1-2H3,(H,25,28). The van der Waals surface area contributed by atoms with Crippen molar-refractivity contribution in [1.29, 1.82) is 0 Å². The number of anilines is 3. The Kier molecular flexibility index (Phi) is 8.19. The number of nitrogens with one attached hydrogen (secondary N) is 2. The fourth-order valence-corrected chi connectivity index (χ4v) is 6.04. The number of sulfone groups is 1. The summed E-state index contributed by atoms with van der Waals surface area (Å²) in [5.41, 5.74) is 0.890. The Morgan fingerprint density at radius 1 is 1.06 bits per heavy atom. The highest BCUT2D eigenvalue weighted by Crippen LogP contribution is 2.41. The monoisotopic (exact) mass is 519 g/mol. The molecule has 0 saturated heterocycles. The molecule has 0 spiro atoms. The fourth-order valence-electron chi connectivity index (χ4n) is 3.13. The highest BCUT2D eigenvalue weighted by Gasteiger charge is 2.26. The van der Waals surface area contributed by atoms with Gasteiger partial charge in [0.1, 0.15) is 5.69 Å². The number of carbonyl (C=O) groups is 1. The number of nitro benzene ring substituents is 1. The molecule has 0 aliphatic rings. The number of amides is 1. The van der Waals surface area contributed by atoms with Gasteiger partial charge in [0.15, 0.2) is 9.84 Å². The van der Waals surface area contributed by atoms with Gasteiger partial charge in [-0.1, -0.05) is 30.3 Å². The number of rotatable bonds is 9. The molecule has 3 aromatic carbocycles. The minimum absolute atomic E-state index is 0.0902. The summed E-state index contributed by atoms with van der Waals surface area (Å²) in [6.07, 6.45) is 0.377. The van der Waals surface area contributed by atoms with Gasteiger partial charge in [0.2, 0.25) is 5.91 Å². The van der Waals surface area contributed by atoms with Crippen LogP contribution in [0.3, 0.4) is 0 Å². The summed E-state index contributed by atoms with van der Waals surface area (Å²) < 4.78 is 25.9. The molecule has 0 unspecified atom stereocenters. The fraction of sp³-hybridized carbons (Fsp3) is 0.174. The van der Waals surface area contributed by atoms with Crippen LogP contribution >= 0.6 is 23.4 Å². The number of hydrogen-bond donors (Lipinski definition) is 2. The van der Waals surface area contributed by atoms with E-state index < -0.39 is 14.8 Å². The van der Waals surface area contributed by atoms with Crippen molar-refractivity contribution in [3.63, 3.8) is 0 Å². The molecule has 1 amide bonds. The minimum Gasteiger partial charge on any atom is -0.350 e. The molecule has 0 aliphatic carbocycles. The van der Waals surface area contributed by atoms with E-state index in [4.69, 9.17) is 11.6 Å². The van der Waals surface area contributed by atoms with E-state index in [2.05, 4.69) is 10.6 Å². The summed E-state index contributed by atoms with van der Waals surface area (Å²) >= 11 is 7.14. The van der Waals surface area contributed by atoms with Crippen molar-refractivity contribution >= 4 is 61.9 Å². The first-order valence-electron chi connectivity index (χ1n) is 10.2. The third-order valence-electron chi connectivity index (χ3n) is 4.59. The number of nitrogens with zero attached hydrogens (tertiary/aromatic N) is 1. The van der Waals surface area contributed by atoms with Crippen molar-refractivity contribution in [3.8, 4) is 0 Å². The normalized spacial score (nSPS) is 11.1. The van der Waals surface area contributed by atoms with Crippen LogP contribution in [0.25, 0.3) is 0 Å². The molecule has 34 heavy (non-hydrogen) atoms. The van der Waals surface area contributed by atoms with E-state index in [1.807, 2.05) is 0 Å². The molecule has 8 nitrogen and oxygen atoms in total. The van der Waals surface area contributed by atoms with Crippen molar-refractivity contribution in [3.05, 3.63) is 75.8 Å². The zero-order chi connectivity index (χ0) is 24.9. The first-order valence-corrected chi connectivity index (χ1v) is 13.1. The molecule has 0 bridgehead atoms. The molecule has 0 aromatic heterocycles. The first-order chi connectivity index (χ1) is 16.1. The molecular formula is C23H22ClN3O5S2. The lowest BCUT2D eigenvalue weighted by molar-refractivity contribution is -0.384. The zero-order valence-electron chi connectivity index (χ0n) is 18.4. The van der Waals surface area contributed by atoms with E-state index in [0.717, 1.165) is 11.0 Å². The van der Waals surface area contributed by atoms with Gasteiger partial charge in [0.25, 0.3) is 5.69 Å². The average molecular weight is 520 g/mol. The van der Waals surface area contributed by atoms with Gasteiger partial charge in [-0.05, 0) is 61.0 Å². The Morgan fingerprint density at radius 3 is 2.24 bits per heavy atom. The molecule has 0 heterocycles. The van der Waals surface area contributed by atoms with Crippen molar-refractivity contribution in [2.45, 2.75) is 35.0 Å². The van der Waals surface area contributed by atoms with Gasteiger partial charge in [-0.15, -0.1) is 0 Å². The largest absolute Gasteiger partial charge is 0.350 e. The second-order valence-corrected chi connectivity index (χ2v) is 11.0. The number of benzene rings is 3. The van der Waals surface area contributed by atoms with Gasteiger partial charge in [0.05, 0.1) is 15.6 Å². The predicted molar refractivity (Wildman–Crippen MR) is 135 cm³/mol. The van der Waals surface area contributed by atoms with E-state index in [1.165, 1.54) is 24.8 Å². The maximum absolute atomic E-state index is 13.0. The number of halogens is 1. The topological polar surface area (TPSA) is 118 Å². The van der Waals surface area contributed by atoms with Gasteiger partial charge in [-0.3, -0.25) is 14.9 Å². The van der Waals surface area contributed by atoms with Crippen LogP contribution < -0.4 is 10.6 Å². The summed E-state index contributed by atoms with van der Waals surface area (Å²) in [6.45, 7) is 3.13. The first kappa shape index (κ1) is 25.5. The molecule has 0 saturated carbocycles. The number of carbonyl (C=O) groups excluding carboxylic acids is 1. The molecule has 0 aliphatic heterocycles. The lowest BCUT2D eigenvalue weighted by atomic mass is 10.2. The predicted octanol–water partition coefficient (Wildman–Crippen LogP) is 6.29. The van der Waals surface area contributed by atoms with Crippen LogP contribution in [0, 0.1) is 10.1 Å².